The summed E-state index contributed by atoms with van der Waals surface area (Å²) in [6.07, 6.45) is -16.0. The molecule has 0 radical (unpaired) electrons. The molecule has 23 heteroatoms. The molecule has 0 unspecified atom stereocenters. The second-order valence-electron chi connectivity index (χ2n) is 19.7. The fourth-order valence-corrected chi connectivity index (χ4v) is 9.41. The minimum absolute atomic E-state index is 0. The molecular formula is C44H88MgN2O20. The smallest absolute Gasteiger partial charge is 0.335 e. The highest BCUT2D eigenvalue weighted by molar-refractivity contribution is 5.75. The van der Waals surface area contributed by atoms with Crippen LogP contribution in [0, 0.1) is 17.8 Å². The van der Waals surface area contributed by atoms with Crippen LogP contribution in [0.1, 0.15) is 94.9 Å². The fraction of sp³-hybridized carbons (Fsp3) is 0.955. The largest absolute Gasteiger partial charge is 0.479 e. The van der Waals surface area contributed by atoms with Gasteiger partial charge in [-0.3, -0.25) is 4.79 Å². The lowest BCUT2D eigenvalue weighted by molar-refractivity contribution is -0.318. The summed E-state index contributed by atoms with van der Waals surface area (Å²) in [7, 11) is 7.12. The van der Waals surface area contributed by atoms with E-state index < -0.39 is 133 Å². The number of carbonyl (C=O) groups is 2. The van der Waals surface area contributed by atoms with E-state index in [9.17, 15) is 35.1 Å². The van der Waals surface area contributed by atoms with Crippen LogP contribution in [0.5, 0.6) is 0 Å². The van der Waals surface area contributed by atoms with Gasteiger partial charge in [0, 0.05) is 38.1 Å². The minimum atomic E-state index is -2.20. The van der Waals surface area contributed by atoms with Crippen molar-refractivity contribution >= 4 is 35.0 Å². The third-order valence-electron chi connectivity index (χ3n) is 13.7. The van der Waals surface area contributed by atoms with Gasteiger partial charge in [-0.05, 0) is 94.8 Å². The van der Waals surface area contributed by atoms with Crippen molar-refractivity contribution in [3.05, 3.63) is 0 Å². The van der Waals surface area contributed by atoms with Crippen molar-refractivity contribution in [1.29, 1.82) is 0 Å². The number of likely N-dealkylation sites (N-methyl/N-ethyl adjacent to an activating group) is 2. The molecule has 0 aromatic rings. The Morgan fingerprint density at radius 3 is 1.99 bits per heavy atom. The molecule has 0 aromatic heterocycles. The first-order valence-corrected chi connectivity index (χ1v) is 22.6. The molecule has 13 N–H and O–H groups in total. The first-order chi connectivity index (χ1) is 29.8. The Labute approximate surface area is 411 Å². The fourth-order valence-electron chi connectivity index (χ4n) is 9.41. The van der Waals surface area contributed by atoms with E-state index in [2.05, 4.69) is 0 Å². The maximum absolute atomic E-state index is 14.2. The van der Waals surface area contributed by atoms with Crippen LogP contribution in [0.3, 0.4) is 0 Å². The number of carboxylic acid groups (broad SMARTS) is 1. The van der Waals surface area contributed by atoms with Gasteiger partial charge in [-0.15, -0.1) is 0 Å². The SMILES string of the molecule is CC[C@H]1OC(=O)[C@H](C)[C@@H](O[C@H]2C[C@@](C)(OC)[C@@H](O)[C@H](C)O2)[C@H](C)[C@@H](O[C@@H]2O[C@H](C)C[C@H](N(C)C)[C@H]2O)[C@](C)(O)C[C@@H](C)CN(C)[C@H](C)[C@@H](O)[C@]1(C)O.O.O=C(O)[C@H](O)[C@@H](O)[C@H](O)[C@H](O)CO.[MgH2]. The average Bonchev–Trinajstić information content (AvgIpc) is 3.23. The van der Waals surface area contributed by atoms with Crippen molar-refractivity contribution in [2.75, 3.05) is 41.4 Å². The predicted octanol–water partition coefficient (Wildman–Crippen LogP) is -3.33. The van der Waals surface area contributed by atoms with Crippen LogP contribution in [-0.4, -0.2) is 263 Å². The lowest BCUT2D eigenvalue weighted by atomic mass is 9.77. The quantitative estimate of drug-likeness (QED) is 0.0673. The number of hydrogen-bond acceptors (Lipinski definition) is 20. The number of nitrogens with zero attached hydrogens (tertiary/aromatic N) is 2. The van der Waals surface area contributed by atoms with E-state index in [1.165, 1.54) is 14.0 Å². The van der Waals surface area contributed by atoms with Gasteiger partial charge in [0.2, 0.25) is 0 Å². The predicted molar refractivity (Wildman–Crippen MR) is 245 cm³/mol. The third kappa shape index (κ3) is 16.8. The van der Waals surface area contributed by atoms with Crippen LogP contribution in [0.2, 0.25) is 0 Å². The van der Waals surface area contributed by atoms with E-state index in [0.717, 1.165) is 0 Å². The lowest BCUT2D eigenvalue weighted by Gasteiger charge is -2.48. The number of esters is 1. The normalized spacial score (nSPS) is 42.5. The Morgan fingerprint density at radius 1 is 0.925 bits per heavy atom. The number of aliphatic hydroxyl groups is 10. The molecule has 0 bridgehead atoms. The minimum Gasteiger partial charge on any atom is -0.479 e. The second-order valence-corrected chi connectivity index (χ2v) is 19.7. The highest BCUT2D eigenvalue weighted by atomic mass is 24.3. The van der Waals surface area contributed by atoms with Gasteiger partial charge in [0.1, 0.15) is 48.3 Å². The number of carboxylic acids is 1. The zero-order valence-electron chi connectivity index (χ0n) is 41.3. The number of rotatable bonds is 12. The highest BCUT2D eigenvalue weighted by Crippen LogP contribution is 2.40. The van der Waals surface area contributed by atoms with Crippen molar-refractivity contribution < 1.29 is 99.7 Å². The molecule has 396 valence electrons. The van der Waals surface area contributed by atoms with Crippen molar-refractivity contribution in [1.82, 2.24) is 9.80 Å². The summed E-state index contributed by atoms with van der Waals surface area (Å²) in [5, 5.41) is 110. The molecule has 0 aromatic carbocycles. The summed E-state index contributed by atoms with van der Waals surface area (Å²) >= 11 is 0. The van der Waals surface area contributed by atoms with E-state index in [1.54, 1.807) is 41.5 Å². The van der Waals surface area contributed by atoms with Gasteiger partial charge in [0.05, 0.1) is 48.1 Å². The van der Waals surface area contributed by atoms with E-state index in [1.807, 2.05) is 51.7 Å². The van der Waals surface area contributed by atoms with Crippen molar-refractivity contribution in [3.63, 3.8) is 0 Å². The summed E-state index contributed by atoms with van der Waals surface area (Å²) in [5.41, 5.74) is -4.37. The standard InChI is InChI=1S/C38H72N2O12.C6H12O7.Mg.H2O.2H/c1-15-27-38(10,46)31(42)24(6)40(13)19-20(2)17-36(8,45)33(52-35-29(41)26(39(11)12)16-21(3)48-35)22(4)30(23(5)34(44)50-27)51-28-18-37(9,47-14)32(43)25(7)49-28;7-1-2(8)3(9)4(10)5(11)6(12)13;;;;/h20-33,35,41-43,45-46H,15-19H2,1-14H3;2-5,7-11H,1H2,(H,12,13);;1H2;;/t20-,21-,22+,23-,24-,25+,26+,27-,28+,29-,30+,31-,32+,33-,35+,36-,37-,38-;2-,3-,4+,5-;;;;/m11..../s1. The molecule has 3 aliphatic rings. The monoisotopic (exact) mass is 989 g/mol. The molecule has 0 amide bonds. The molecule has 3 fully saturated rings. The van der Waals surface area contributed by atoms with Gasteiger partial charge >= 0.3 is 35.0 Å². The molecule has 0 spiro atoms. The third-order valence-corrected chi connectivity index (χ3v) is 13.7. The van der Waals surface area contributed by atoms with Gasteiger partial charge in [-0.2, -0.15) is 0 Å². The molecule has 0 saturated carbocycles. The molecule has 0 aliphatic carbocycles. The first kappa shape index (κ1) is 66.0. The van der Waals surface area contributed by atoms with Gasteiger partial charge in [0.15, 0.2) is 18.7 Å². The van der Waals surface area contributed by atoms with Crippen LogP contribution >= 0.6 is 0 Å². The van der Waals surface area contributed by atoms with Crippen LogP contribution in [0.15, 0.2) is 0 Å². The van der Waals surface area contributed by atoms with E-state index >= 15 is 0 Å². The number of carbonyl (C=O) groups excluding carboxylic acids is 1. The van der Waals surface area contributed by atoms with E-state index in [4.69, 9.17) is 59.1 Å². The van der Waals surface area contributed by atoms with Gasteiger partial charge in [-0.1, -0.05) is 20.8 Å². The molecule has 22 nitrogen and oxygen atoms in total. The summed E-state index contributed by atoms with van der Waals surface area (Å²) in [6, 6.07) is -0.808. The first-order valence-electron chi connectivity index (χ1n) is 22.6. The van der Waals surface area contributed by atoms with Gasteiger partial charge in [-0.25, -0.2) is 4.79 Å². The summed E-state index contributed by atoms with van der Waals surface area (Å²) in [5.74, 6) is -4.31. The molecule has 3 rings (SSSR count). The van der Waals surface area contributed by atoms with Crippen LogP contribution in [-0.2, 0) is 38.0 Å². The number of ether oxygens (including phenoxy) is 6. The number of methoxy groups -OCH3 is 1. The topological polar surface area (TPSA) is 350 Å². The molecular weight excluding hydrogens is 901 g/mol. The zero-order valence-corrected chi connectivity index (χ0v) is 41.3. The Morgan fingerprint density at radius 2 is 1.49 bits per heavy atom. The molecule has 22 atom stereocenters. The number of hydrogen-bond donors (Lipinski definition) is 11. The Balaban J connectivity index is 0.00000252. The number of aliphatic carboxylic acids is 1. The summed E-state index contributed by atoms with van der Waals surface area (Å²) in [4.78, 5) is 28.1. The Kier molecular flexibility index (Phi) is 27.3. The molecule has 3 heterocycles. The Hall–Kier alpha value is -1.01. The molecule has 67 heavy (non-hydrogen) atoms. The Bertz CT molecular complexity index is 1470. The average molecular weight is 989 g/mol. The molecule has 3 aliphatic heterocycles. The summed E-state index contributed by atoms with van der Waals surface area (Å²) in [6.45, 7) is 17.2. The van der Waals surface area contributed by atoms with Crippen LogP contribution in [0.4, 0.5) is 0 Å². The number of aliphatic hydroxyl groups excluding tert-OH is 8. The van der Waals surface area contributed by atoms with Crippen molar-refractivity contribution in [3.8, 4) is 0 Å². The van der Waals surface area contributed by atoms with E-state index in [-0.39, 0.29) is 65.9 Å². The molecule has 3 saturated heterocycles. The highest BCUT2D eigenvalue weighted by Gasteiger charge is 2.53. The van der Waals surface area contributed by atoms with E-state index in [0.29, 0.717) is 13.0 Å². The van der Waals surface area contributed by atoms with Crippen molar-refractivity contribution in [2.45, 2.75) is 210 Å². The number of cyclic esters (lactones) is 1. The van der Waals surface area contributed by atoms with Crippen LogP contribution in [0.25, 0.3) is 0 Å². The maximum atomic E-state index is 14.2. The van der Waals surface area contributed by atoms with Crippen molar-refractivity contribution in [2.24, 2.45) is 17.8 Å². The second kappa shape index (κ2) is 27.7. The summed E-state index contributed by atoms with van der Waals surface area (Å²) < 4.78 is 37.5. The van der Waals surface area contributed by atoms with Gasteiger partial charge in [0.25, 0.3) is 0 Å². The zero-order chi connectivity index (χ0) is 50.3. The lowest BCUT2D eigenvalue weighted by Crippen LogP contribution is -2.60. The maximum Gasteiger partial charge on any atom is 0.335 e. The van der Waals surface area contributed by atoms with Crippen LogP contribution < -0.4 is 0 Å². The van der Waals surface area contributed by atoms with Gasteiger partial charge < -0.3 is 99.9 Å².